The van der Waals surface area contributed by atoms with Gasteiger partial charge in [0, 0.05) is 9.26 Å². The Kier molecular flexibility index (Phi) is 5.02. The number of hydrogen-bond acceptors (Lipinski definition) is 2. The zero-order chi connectivity index (χ0) is 14.5. The van der Waals surface area contributed by atoms with E-state index in [1.807, 2.05) is 24.3 Å². The summed E-state index contributed by atoms with van der Waals surface area (Å²) in [6.45, 7) is 0. The fourth-order valence-electron chi connectivity index (χ4n) is 1.51. The molecule has 0 radical (unpaired) electrons. The fraction of sp³-hybridized carbons (Fsp3) is 0. The lowest BCUT2D eigenvalue weighted by Gasteiger charge is -2.10. The Labute approximate surface area is 134 Å². The molecule has 0 aliphatic carbocycles. The van der Waals surface area contributed by atoms with Gasteiger partial charge in [0.1, 0.15) is 5.82 Å². The Morgan fingerprint density at radius 1 is 1.10 bits per heavy atom. The summed E-state index contributed by atoms with van der Waals surface area (Å²) >= 11 is 7.21. The van der Waals surface area contributed by atoms with E-state index in [2.05, 4.69) is 33.2 Å². The van der Waals surface area contributed by atoms with E-state index in [-0.39, 0.29) is 10.7 Å². The zero-order valence-electron chi connectivity index (χ0n) is 10.2. The number of carbonyl (C=O) groups is 1. The number of carbonyl (C=O) groups excluding carboxylic acids is 1. The van der Waals surface area contributed by atoms with Crippen LogP contribution in [-0.2, 0) is 0 Å². The number of nitrogens with one attached hydrogen (secondary N) is 2. The van der Waals surface area contributed by atoms with Gasteiger partial charge in [0.25, 0.3) is 5.91 Å². The Bertz CT molecular complexity index is 646. The van der Waals surface area contributed by atoms with Gasteiger partial charge in [-0.2, -0.15) is 0 Å². The van der Waals surface area contributed by atoms with Gasteiger partial charge in [0.05, 0.1) is 5.56 Å². The molecule has 0 atom stereocenters. The number of benzene rings is 2. The highest BCUT2D eigenvalue weighted by molar-refractivity contribution is 14.1. The van der Waals surface area contributed by atoms with E-state index in [4.69, 9.17) is 12.2 Å². The summed E-state index contributed by atoms with van der Waals surface area (Å²) in [7, 11) is 0. The van der Waals surface area contributed by atoms with Crippen molar-refractivity contribution in [1.82, 2.24) is 5.32 Å². The molecule has 2 rings (SSSR count). The maximum Gasteiger partial charge on any atom is 0.260 e. The second-order valence-corrected chi connectivity index (χ2v) is 5.55. The third kappa shape index (κ3) is 3.97. The van der Waals surface area contributed by atoms with Crippen molar-refractivity contribution in [2.24, 2.45) is 0 Å². The van der Waals surface area contributed by atoms with Crippen molar-refractivity contribution >= 4 is 51.5 Å². The van der Waals surface area contributed by atoms with Gasteiger partial charge < -0.3 is 5.32 Å². The highest BCUT2D eigenvalue weighted by atomic mass is 127. The van der Waals surface area contributed by atoms with Crippen LogP contribution in [0.2, 0.25) is 0 Å². The Morgan fingerprint density at radius 2 is 1.75 bits per heavy atom. The normalized spacial score (nSPS) is 9.90. The summed E-state index contributed by atoms with van der Waals surface area (Å²) in [5.41, 5.74) is 0.712. The van der Waals surface area contributed by atoms with Crippen LogP contribution in [-0.4, -0.2) is 11.0 Å². The predicted molar refractivity (Wildman–Crippen MR) is 89.2 cm³/mol. The van der Waals surface area contributed by atoms with Crippen molar-refractivity contribution in [3.63, 3.8) is 0 Å². The molecule has 1 amide bonds. The maximum atomic E-state index is 13.4. The summed E-state index contributed by atoms with van der Waals surface area (Å²) in [6.07, 6.45) is 0. The minimum atomic E-state index is -0.581. The van der Waals surface area contributed by atoms with Crippen LogP contribution in [0, 0.1) is 9.39 Å². The first-order valence-electron chi connectivity index (χ1n) is 5.68. The van der Waals surface area contributed by atoms with E-state index in [1.165, 1.54) is 18.2 Å². The number of amides is 1. The van der Waals surface area contributed by atoms with Crippen LogP contribution in [0.4, 0.5) is 10.1 Å². The summed E-state index contributed by atoms with van der Waals surface area (Å²) in [5, 5.41) is 5.43. The summed E-state index contributed by atoms with van der Waals surface area (Å²) in [4.78, 5) is 11.8. The Hall–Kier alpha value is -1.54. The van der Waals surface area contributed by atoms with E-state index >= 15 is 0 Å². The Balaban J connectivity index is 2.00. The van der Waals surface area contributed by atoms with E-state index < -0.39 is 11.7 Å². The van der Waals surface area contributed by atoms with Gasteiger partial charge in [-0.3, -0.25) is 10.1 Å². The monoisotopic (exact) mass is 400 g/mol. The Morgan fingerprint density at radius 3 is 2.40 bits per heavy atom. The summed E-state index contributed by atoms with van der Waals surface area (Å²) in [5.74, 6) is -1.16. The largest absolute Gasteiger partial charge is 0.332 e. The smallest absolute Gasteiger partial charge is 0.260 e. The molecular weight excluding hydrogens is 390 g/mol. The molecule has 102 valence electrons. The van der Waals surface area contributed by atoms with Gasteiger partial charge >= 0.3 is 0 Å². The van der Waals surface area contributed by atoms with Crippen LogP contribution in [0.1, 0.15) is 10.4 Å². The first-order chi connectivity index (χ1) is 9.56. The van der Waals surface area contributed by atoms with Crippen LogP contribution in [0.15, 0.2) is 48.5 Å². The van der Waals surface area contributed by atoms with E-state index in [1.54, 1.807) is 6.07 Å². The molecule has 0 fully saturated rings. The average molecular weight is 400 g/mol. The van der Waals surface area contributed by atoms with Gasteiger partial charge in [-0.1, -0.05) is 12.1 Å². The van der Waals surface area contributed by atoms with Gasteiger partial charge in [-0.25, -0.2) is 4.39 Å². The van der Waals surface area contributed by atoms with Crippen LogP contribution in [0.25, 0.3) is 0 Å². The molecule has 2 N–H and O–H groups in total. The van der Waals surface area contributed by atoms with Crippen LogP contribution >= 0.6 is 34.8 Å². The van der Waals surface area contributed by atoms with Crippen molar-refractivity contribution in [1.29, 1.82) is 0 Å². The van der Waals surface area contributed by atoms with Crippen molar-refractivity contribution in [2.45, 2.75) is 0 Å². The molecule has 2 aromatic carbocycles. The van der Waals surface area contributed by atoms with Gasteiger partial charge in [-0.05, 0) is 71.2 Å². The number of rotatable bonds is 2. The van der Waals surface area contributed by atoms with Crippen LogP contribution < -0.4 is 10.6 Å². The second-order valence-electron chi connectivity index (χ2n) is 3.89. The van der Waals surface area contributed by atoms with E-state index in [0.717, 1.165) is 9.26 Å². The molecule has 0 saturated heterocycles. The molecule has 3 nitrogen and oxygen atoms in total. The minimum absolute atomic E-state index is 0.0424. The van der Waals surface area contributed by atoms with Gasteiger partial charge in [0.2, 0.25) is 0 Å². The summed E-state index contributed by atoms with van der Waals surface area (Å²) < 4.78 is 14.5. The number of thiocarbonyl (C=S) groups is 1. The van der Waals surface area contributed by atoms with Crippen molar-refractivity contribution < 1.29 is 9.18 Å². The third-order valence-electron chi connectivity index (χ3n) is 2.45. The molecule has 2 aromatic rings. The molecule has 0 aliphatic rings. The summed E-state index contributed by atoms with van der Waals surface area (Å²) in [6, 6.07) is 13.2. The molecular formula is C14H10FIN2OS. The standard InChI is InChI=1S/C14H10FIN2OS/c15-12-4-2-1-3-11(12)13(19)18-14(20)17-10-7-5-9(16)6-8-10/h1-8H,(H2,17,18,19,20). The van der Waals surface area contributed by atoms with Gasteiger partial charge in [-0.15, -0.1) is 0 Å². The molecule has 0 saturated carbocycles. The number of anilines is 1. The lowest BCUT2D eigenvalue weighted by molar-refractivity contribution is 0.0974. The highest BCUT2D eigenvalue weighted by Crippen LogP contribution is 2.11. The van der Waals surface area contributed by atoms with Crippen molar-refractivity contribution in [3.05, 3.63) is 63.5 Å². The number of halogens is 2. The molecule has 0 spiro atoms. The quantitative estimate of drug-likeness (QED) is 0.599. The second kappa shape index (κ2) is 6.76. The van der Waals surface area contributed by atoms with E-state index in [9.17, 15) is 9.18 Å². The molecule has 6 heteroatoms. The zero-order valence-corrected chi connectivity index (χ0v) is 13.2. The molecule has 0 aliphatic heterocycles. The number of hydrogen-bond donors (Lipinski definition) is 2. The lowest BCUT2D eigenvalue weighted by Crippen LogP contribution is -2.34. The van der Waals surface area contributed by atoms with E-state index in [0.29, 0.717) is 0 Å². The van der Waals surface area contributed by atoms with Crippen LogP contribution in [0.5, 0.6) is 0 Å². The molecule has 0 heterocycles. The van der Waals surface area contributed by atoms with Crippen LogP contribution in [0.3, 0.4) is 0 Å². The SMILES string of the molecule is O=C(NC(=S)Nc1ccc(I)cc1)c1ccccc1F. The fourth-order valence-corrected chi connectivity index (χ4v) is 2.08. The maximum absolute atomic E-state index is 13.4. The molecule has 0 aromatic heterocycles. The molecule has 0 bridgehead atoms. The third-order valence-corrected chi connectivity index (χ3v) is 3.37. The minimum Gasteiger partial charge on any atom is -0.332 e. The average Bonchev–Trinajstić information content (AvgIpc) is 2.41. The molecule has 20 heavy (non-hydrogen) atoms. The van der Waals surface area contributed by atoms with Gasteiger partial charge in [0.15, 0.2) is 5.11 Å². The van der Waals surface area contributed by atoms with Crippen molar-refractivity contribution in [2.75, 3.05) is 5.32 Å². The lowest BCUT2D eigenvalue weighted by atomic mass is 10.2. The first-order valence-corrected chi connectivity index (χ1v) is 7.17. The van der Waals surface area contributed by atoms with Crippen molar-refractivity contribution in [3.8, 4) is 0 Å². The highest BCUT2D eigenvalue weighted by Gasteiger charge is 2.12. The molecule has 0 unspecified atom stereocenters. The topological polar surface area (TPSA) is 41.1 Å². The first kappa shape index (κ1) is 14.9. The predicted octanol–water partition coefficient (Wildman–Crippen LogP) is 3.56.